The van der Waals surface area contributed by atoms with Crippen LogP contribution in [0.1, 0.15) is 18.4 Å². The van der Waals surface area contributed by atoms with Crippen LogP contribution in [-0.4, -0.2) is 59.2 Å². The number of halogens is 1. The minimum atomic E-state index is -1.41. The van der Waals surface area contributed by atoms with Gasteiger partial charge >= 0.3 is 0 Å². The van der Waals surface area contributed by atoms with Gasteiger partial charge in [-0.3, -0.25) is 24.1 Å². The predicted octanol–water partition coefficient (Wildman–Crippen LogP) is 0.0301. The van der Waals surface area contributed by atoms with E-state index in [1.807, 2.05) is 18.2 Å². The molecule has 0 saturated carbocycles. The number of alkyl halides is 1. The first-order valence-electron chi connectivity index (χ1n) is 7.96. The Balaban J connectivity index is 2.12. The van der Waals surface area contributed by atoms with Crippen LogP contribution in [0.3, 0.4) is 0 Å². The summed E-state index contributed by atoms with van der Waals surface area (Å²) in [5.74, 6) is -3.07. The van der Waals surface area contributed by atoms with Crippen molar-refractivity contribution in [3.63, 3.8) is 0 Å². The van der Waals surface area contributed by atoms with Gasteiger partial charge in [0.2, 0.25) is 11.8 Å². The molecule has 1 aliphatic rings. The maximum atomic E-state index is 12.7. The smallest absolute Gasteiger partial charge is 0.261 e. The van der Waals surface area contributed by atoms with Gasteiger partial charge in [0, 0.05) is 6.54 Å². The molecule has 0 aliphatic carbocycles. The SMILES string of the molecule is NC(=O)CN(C(=O)CF)C(=O)[C@@H]1CCCN1C(=O)Cc1ccccc1. The number of imide groups is 1. The molecular formula is C17H20FN3O4. The standard InChI is InChI=1S/C17H20FN3O4/c18-10-16(24)21(11-14(19)22)17(25)13-7-4-8-20(13)15(23)9-12-5-2-1-3-6-12/h1-3,5-6,13H,4,7-11H2,(H2,19,22)/t13-/m0/s1. The van der Waals surface area contributed by atoms with Crippen LogP contribution in [0.2, 0.25) is 0 Å². The molecule has 1 fully saturated rings. The Hall–Kier alpha value is -2.77. The molecule has 0 radical (unpaired) electrons. The summed E-state index contributed by atoms with van der Waals surface area (Å²) < 4.78 is 12.7. The molecule has 2 rings (SSSR count). The Morgan fingerprint density at radius 3 is 2.48 bits per heavy atom. The Bertz CT molecular complexity index is 665. The van der Waals surface area contributed by atoms with E-state index in [2.05, 4.69) is 0 Å². The van der Waals surface area contributed by atoms with Crippen LogP contribution in [0.25, 0.3) is 0 Å². The molecule has 4 amide bonds. The summed E-state index contributed by atoms with van der Waals surface area (Å²) in [7, 11) is 0. The van der Waals surface area contributed by atoms with Crippen LogP contribution in [0.15, 0.2) is 30.3 Å². The zero-order chi connectivity index (χ0) is 18.4. The topological polar surface area (TPSA) is 101 Å². The van der Waals surface area contributed by atoms with E-state index in [0.29, 0.717) is 24.3 Å². The van der Waals surface area contributed by atoms with Crippen molar-refractivity contribution in [2.75, 3.05) is 19.8 Å². The summed E-state index contributed by atoms with van der Waals surface area (Å²) in [5, 5.41) is 0. The Morgan fingerprint density at radius 2 is 1.88 bits per heavy atom. The molecule has 0 bridgehead atoms. The van der Waals surface area contributed by atoms with Crippen molar-refractivity contribution in [1.82, 2.24) is 9.80 Å². The van der Waals surface area contributed by atoms with E-state index < -0.39 is 37.0 Å². The quantitative estimate of drug-likeness (QED) is 0.783. The third kappa shape index (κ3) is 4.62. The number of primary amides is 1. The summed E-state index contributed by atoms with van der Waals surface area (Å²) in [6, 6.07) is 8.17. The highest BCUT2D eigenvalue weighted by Gasteiger charge is 2.38. The van der Waals surface area contributed by atoms with Gasteiger partial charge in [0.05, 0.1) is 6.42 Å². The Labute approximate surface area is 144 Å². The van der Waals surface area contributed by atoms with Crippen LogP contribution in [-0.2, 0) is 25.6 Å². The fourth-order valence-corrected chi connectivity index (χ4v) is 2.89. The lowest BCUT2D eigenvalue weighted by Crippen LogP contribution is -2.52. The first-order chi connectivity index (χ1) is 11.9. The minimum Gasteiger partial charge on any atom is -0.368 e. The van der Waals surface area contributed by atoms with Gasteiger partial charge < -0.3 is 10.6 Å². The van der Waals surface area contributed by atoms with E-state index in [-0.39, 0.29) is 12.3 Å². The predicted molar refractivity (Wildman–Crippen MR) is 86.8 cm³/mol. The number of nitrogens with zero attached hydrogens (tertiary/aromatic N) is 2. The monoisotopic (exact) mass is 349 g/mol. The van der Waals surface area contributed by atoms with Gasteiger partial charge in [-0.1, -0.05) is 30.3 Å². The van der Waals surface area contributed by atoms with Crippen molar-refractivity contribution >= 4 is 23.6 Å². The molecule has 25 heavy (non-hydrogen) atoms. The van der Waals surface area contributed by atoms with Gasteiger partial charge in [-0.05, 0) is 18.4 Å². The Kier molecular flexibility index (Phi) is 6.21. The van der Waals surface area contributed by atoms with Gasteiger partial charge in [0.15, 0.2) is 6.67 Å². The maximum Gasteiger partial charge on any atom is 0.261 e. The molecule has 1 aromatic carbocycles. The van der Waals surface area contributed by atoms with Gasteiger partial charge in [-0.25, -0.2) is 4.39 Å². The second-order valence-electron chi connectivity index (χ2n) is 5.83. The van der Waals surface area contributed by atoms with Crippen LogP contribution in [0.5, 0.6) is 0 Å². The maximum absolute atomic E-state index is 12.7. The third-order valence-electron chi connectivity index (χ3n) is 4.05. The fraction of sp³-hybridized carbons (Fsp3) is 0.412. The normalized spacial score (nSPS) is 16.5. The van der Waals surface area contributed by atoms with Crippen molar-refractivity contribution in [2.45, 2.75) is 25.3 Å². The van der Waals surface area contributed by atoms with Crippen LogP contribution in [0.4, 0.5) is 4.39 Å². The number of carbonyl (C=O) groups excluding carboxylic acids is 4. The van der Waals surface area contributed by atoms with Gasteiger partial charge in [0.1, 0.15) is 12.6 Å². The molecule has 2 N–H and O–H groups in total. The van der Waals surface area contributed by atoms with E-state index in [9.17, 15) is 23.6 Å². The highest BCUT2D eigenvalue weighted by molar-refractivity contribution is 6.02. The van der Waals surface area contributed by atoms with Crippen LogP contribution < -0.4 is 5.73 Å². The molecule has 134 valence electrons. The van der Waals surface area contributed by atoms with E-state index in [0.717, 1.165) is 5.56 Å². The van der Waals surface area contributed by atoms with E-state index in [1.54, 1.807) is 12.1 Å². The van der Waals surface area contributed by atoms with Crippen molar-refractivity contribution in [1.29, 1.82) is 0 Å². The second kappa shape index (κ2) is 8.36. The first-order valence-corrected chi connectivity index (χ1v) is 7.96. The number of rotatable bonds is 6. The van der Waals surface area contributed by atoms with E-state index in [1.165, 1.54) is 4.90 Å². The zero-order valence-corrected chi connectivity index (χ0v) is 13.7. The number of benzene rings is 1. The van der Waals surface area contributed by atoms with Gasteiger partial charge in [-0.15, -0.1) is 0 Å². The van der Waals surface area contributed by atoms with E-state index in [4.69, 9.17) is 5.73 Å². The molecule has 0 spiro atoms. The number of hydrogen-bond acceptors (Lipinski definition) is 4. The molecule has 0 aromatic heterocycles. The first kappa shape index (κ1) is 18.6. The number of likely N-dealkylation sites (tertiary alicyclic amines) is 1. The molecular weight excluding hydrogens is 329 g/mol. The molecule has 7 nitrogen and oxygen atoms in total. The number of carbonyl (C=O) groups is 4. The number of hydrogen-bond donors (Lipinski definition) is 1. The van der Waals surface area contributed by atoms with Gasteiger partial charge in [-0.2, -0.15) is 0 Å². The Morgan fingerprint density at radius 1 is 1.20 bits per heavy atom. The molecule has 1 heterocycles. The molecule has 1 aromatic rings. The number of nitrogens with two attached hydrogens (primary N) is 1. The second-order valence-corrected chi connectivity index (χ2v) is 5.83. The fourth-order valence-electron chi connectivity index (χ4n) is 2.89. The lowest BCUT2D eigenvalue weighted by atomic mass is 10.1. The molecule has 0 unspecified atom stereocenters. The van der Waals surface area contributed by atoms with Crippen molar-refractivity contribution in [3.8, 4) is 0 Å². The zero-order valence-electron chi connectivity index (χ0n) is 13.7. The lowest BCUT2D eigenvalue weighted by Gasteiger charge is -2.28. The molecule has 1 atom stereocenters. The summed E-state index contributed by atoms with van der Waals surface area (Å²) in [6.07, 6.45) is 1.07. The van der Waals surface area contributed by atoms with Crippen molar-refractivity contribution in [2.24, 2.45) is 5.73 Å². The van der Waals surface area contributed by atoms with Crippen molar-refractivity contribution < 1.29 is 23.6 Å². The highest BCUT2D eigenvalue weighted by atomic mass is 19.1. The average molecular weight is 349 g/mol. The molecule has 1 aliphatic heterocycles. The molecule has 1 saturated heterocycles. The highest BCUT2D eigenvalue weighted by Crippen LogP contribution is 2.21. The summed E-state index contributed by atoms with van der Waals surface area (Å²) in [6.45, 7) is -1.74. The lowest BCUT2D eigenvalue weighted by molar-refractivity contribution is -0.153. The third-order valence-corrected chi connectivity index (χ3v) is 4.05. The van der Waals surface area contributed by atoms with Crippen molar-refractivity contribution in [3.05, 3.63) is 35.9 Å². The minimum absolute atomic E-state index is 0.123. The van der Waals surface area contributed by atoms with Crippen LogP contribution in [0, 0.1) is 0 Å². The summed E-state index contributed by atoms with van der Waals surface area (Å²) >= 11 is 0. The number of amides is 4. The average Bonchev–Trinajstić information content (AvgIpc) is 3.09. The van der Waals surface area contributed by atoms with E-state index >= 15 is 0 Å². The van der Waals surface area contributed by atoms with Crippen LogP contribution >= 0.6 is 0 Å². The van der Waals surface area contributed by atoms with Gasteiger partial charge in [0.25, 0.3) is 11.8 Å². The summed E-state index contributed by atoms with van der Waals surface area (Å²) in [4.78, 5) is 49.7. The summed E-state index contributed by atoms with van der Waals surface area (Å²) in [5.41, 5.74) is 5.84. The molecule has 8 heteroatoms. The largest absolute Gasteiger partial charge is 0.368 e.